The Morgan fingerprint density at radius 1 is 1.07 bits per heavy atom. The number of rotatable bonds is 9. The standard InChI is InChI=1S/C24H30N2O3/c27-24(28)17-29-21-8-6-19(7-9-21)16-26-12-10-18(11-13-26)15-25-23-14-22(23)20-4-2-1-3-5-20/h1-9,18,22-23,25H,10-17H2,(H,27,28)/t22-,23+/m0/s1. The van der Waals surface area contributed by atoms with Crippen molar-refractivity contribution in [1.29, 1.82) is 0 Å². The molecule has 0 spiro atoms. The van der Waals surface area contributed by atoms with E-state index in [2.05, 4.69) is 40.5 Å². The lowest BCUT2D eigenvalue weighted by Crippen LogP contribution is -2.37. The number of carboxylic acid groups (broad SMARTS) is 1. The molecule has 5 heteroatoms. The van der Waals surface area contributed by atoms with Crippen molar-refractivity contribution in [3.05, 3.63) is 65.7 Å². The zero-order chi connectivity index (χ0) is 20.1. The van der Waals surface area contributed by atoms with Crippen LogP contribution in [0.3, 0.4) is 0 Å². The number of hydrogen-bond donors (Lipinski definition) is 2. The Morgan fingerprint density at radius 3 is 2.48 bits per heavy atom. The van der Waals surface area contributed by atoms with Crippen molar-refractivity contribution in [2.24, 2.45) is 5.92 Å². The van der Waals surface area contributed by atoms with Gasteiger partial charge in [0.25, 0.3) is 0 Å². The number of carbonyl (C=O) groups is 1. The lowest BCUT2D eigenvalue weighted by molar-refractivity contribution is -0.139. The molecule has 5 nitrogen and oxygen atoms in total. The SMILES string of the molecule is O=C(O)COc1ccc(CN2CCC(CN[C@@H]3C[C@H]3c3ccccc3)CC2)cc1. The van der Waals surface area contributed by atoms with Gasteiger partial charge in [-0.3, -0.25) is 4.90 Å². The highest BCUT2D eigenvalue weighted by molar-refractivity contribution is 5.68. The summed E-state index contributed by atoms with van der Waals surface area (Å²) in [4.78, 5) is 13.1. The van der Waals surface area contributed by atoms with Crippen LogP contribution in [0.1, 0.15) is 36.3 Å². The zero-order valence-corrected chi connectivity index (χ0v) is 16.8. The first-order chi connectivity index (χ1) is 14.2. The molecule has 1 saturated heterocycles. The molecule has 1 saturated carbocycles. The molecule has 0 amide bonds. The first-order valence-electron chi connectivity index (χ1n) is 10.6. The third-order valence-electron chi connectivity index (χ3n) is 6.09. The maximum atomic E-state index is 10.6. The van der Waals surface area contributed by atoms with Gasteiger partial charge in [0.1, 0.15) is 5.75 Å². The lowest BCUT2D eigenvalue weighted by Gasteiger charge is -2.32. The van der Waals surface area contributed by atoms with Crippen LogP contribution in [-0.4, -0.2) is 48.3 Å². The predicted molar refractivity (Wildman–Crippen MR) is 113 cm³/mol. The van der Waals surface area contributed by atoms with E-state index < -0.39 is 5.97 Å². The van der Waals surface area contributed by atoms with E-state index in [1.807, 2.05) is 24.3 Å². The molecule has 2 aromatic rings. The van der Waals surface area contributed by atoms with Crippen LogP contribution in [0, 0.1) is 5.92 Å². The number of ether oxygens (including phenoxy) is 1. The molecular formula is C24H30N2O3. The van der Waals surface area contributed by atoms with Gasteiger partial charge < -0.3 is 15.2 Å². The highest BCUT2D eigenvalue weighted by atomic mass is 16.5. The number of nitrogens with zero attached hydrogens (tertiary/aromatic N) is 1. The van der Waals surface area contributed by atoms with E-state index in [-0.39, 0.29) is 6.61 Å². The van der Waals surface area contributed by atoms with Crippen LogP contribution >= 0.6 is 0 Å². The van der Waals surface area contributed by atoms with Crippen LogP contribution in [0.2, 0.25) is 0 Å². The molecular weight excluding hydrogens is 364 g/mol. The molecule has 2 N–H and O–H groups in total. The molecule has 2 aliphatic rings. The van der Waals surface area contributed by atoms with Crippen molar-refractivity contribution >= 4 is 5.97 Å². The van der Waals surface area contributed by atoms with Crippen molar-refractivity contribution in [2.75, 3.05) is 26.2 Å². The molecule has 154 valence electrons. The Kier molecular flexibility index (Phi) is 6.47. The summed E-state index contributed by atoms with van der Waals surface area (Å²) in [6.07, 6.45) is 3.76. The predicted octanol–water partition coefficient (Wildman–Crippen LogP) is 3.51. The van der Waals surface area contributed by atoms with E-state index in [9.17, 15) is 4.79 Å². The average molecular weight is 395 g/mol. The largest absolute Gasteiger partial charge is 0.482 e. The van der Waals surface area contributed by atoms with E-state index in [1.54, 1.807) is 0 Å². The van der Waals surface area contributed by atoms with Gasteiger partial charge >= 0.3 is 5.97 Å². The molecule has 0 radical (unpaired) electrons. The average Bonchev–Trinajstić information content (AvgIpc) is 3.53. The maximum Gasteiger partial charge on any atom is 0.341 e. The van der Waals surface area contributed by atoms with Gasteiger partial charge in [0.2, 0.25) is 0 Å². The molecule has 4 rings (SSSR count). The summed E-state index contributed by atoms with van der Waals surface area (Å²) < 4.78 is 5.19. The molecule has 2 atom stereocenters. The van der Waals surface area contributed by atoms with E-state index >= 15 is 0 Å². The highest BCUT2D eigenvalue weighted by Crippen LogP contribution is 2.40. The second-order valence-corrected chi connectivity index (χ2v) is 8.31. The van der Waals surface area contributed by atoms with Crippen LogP contribution in [0.5, 0.6) is 5.75 Å². The van der Waals surface area contributed by atoms with Crippen molar-refractivity contribution < 1.29 is 14.6 Å². The van der Waals surface area contributed by atoms with Gasteiger partial charge in [-0.15, -0.1) is 0 Å². The summed E-state index contributed by atoms with van der Waals surface area (Å²) in [5.74, 6) is 1.13. The van der Waals surface area contributed by atoms with Crippen LogP contribution in [0.4, 0.5) is 0 Å². The van der Waals surface area contributed by atoms with Crippen LogP contribution in [0.15, 0.2) is 54.6 Å². The quantitative estimate of drug-likeness (QED) is 0.682. The number of benzene rings is 2. The van der Waals surface area contributed by atoms with Crippen LogP contribution in [-0.2, 0) is 11.3 Å². The molecule has 1 aliphatic carbocycles. The smallest absolute Gasteiger partial charge is 0.341 e. The van der Waals surface area contributed by atoms with Crippen molar-refractivity contribution in [2.45, 2.75) is 37.8 Å². The van der Waals surface area contributed by atoms with E-state index in [0.29, 0.717) is 17.7 Å². The molecule has 1 aliphatic heterocycles. The van der Waals surface area contributed by atoms with Crippen molar-refractivity contribution in [3.8, 4) is 5.75 Å². The monoisotopic (exact) mass is 394 g/mol. The fourth-order valence-corrected chi connectivity index (χ4v) is 4.25. The summed E-state index contributed by atoms with van der Waals surface area (Å²) in [7, 11) is 0. The number of hydrogen-bond acceptors (Lipinski definition) is 4. The van der Waals surface area contributed by atoms with Crippen molar-refractivity contribution in [3.63, 3.8) is 0 Å². The van der Waals surface area contributed by atoms with Gasteiger partial charge in [-0.25, -0.2) is 4.79 Å². The van der Waals surface area contributed by atoms with E-state index in [1.165, 1.54) is 30.4 Å². The van der Waals surface area contributed by atoms with Gasteiger partial charge in [-0.1, -0.05) is 42.5 Å². The third kappa shape index (κ3) is 5.81. The summed E-state index contributed by atoms with van der Waals surface area (Å²) in [6.45, 7) is 4.05. The summed E-state index contributed by atoms with van der Waals surface area (Å²) >= 11 is 0. The first kappa shape index (κ1) is 19.9. The minimum Gasteiger partial charge on any atom is -0.482 e. The molecule has 0 aromatic heterocycles. The molecule has 1 heterocycles. The number of likely N-dealkylation sites (tertiary alicyclic amines) is 1. The molecule has 2 fully saturated rings. The second-order valence-electron chi connectivity index (χ2n) is 8.31. The van der Waals surface area contributed by atoms with Crippen LogP contribution in [0.25, 0.3) is 0 Å². The van der Waals surface area contributed by atoms with Gasteiger partial charge in [-0.05, 0) is 68.1 Å². The maximum absolute atomic E-state index is 10.6. The lowest BCUT2D eigenvalue weighted by atomic mass is 9.96. The summed E-state index contributed by atoms with van der Waals surface area (Å²) in [6, 6.07) is 19.3. The minimum absolute atomic E-state index is 0.298. The Balaban J connectivity index is 1.14. The zero-order valence-electron chi connectivity index (χ0n) is 16.8. The fourth-order valence-electron chi connectivity index (χ4n) is 4.25. The third-order valence-corrected chi connectivity index (χ3v) is 6.09. The van der Waals surface area contributed by atoms with Gasteiger partial charge in [0.15, 0.2) is 6.61 Å². The molecule has 0 unspecified atom stereocenters. The molecule has 29 heavy (non-hydrogen) atoms. The Bertz CT molecular complexity index is 786. The first-order valence-corrected chi connectivity index (χ1v) is 10.6. The topological polar surface area (TPSA) is 61.8 Å². The highest BCUT2D eigenvalue weighted by Gasteiger charge is 2.38. The van der Waals surface area contributed by atoms with E-state index in [4.69, 9.17) is 9.84 Å². The summed E-state index contributed by atoms with van der Waals surface area (Å²) in [5.41, 5.74) is 2.71. The number of piperidine rings is 1. The Morgan fingerprint density at radius 2 is 1.79 bits per heavy atom. The Labute approximate surface area is 172 Å². The minimum atomic E-state index is -0.955. The van der Waals surface area contributed by atoms with Gasteiger partial charge in [0, 0.05) is 18.5 Å². The number of nitrogens with one attached hydrogen (secondary N) is 1. The Hall–Kier alpha value is -2.37. The van der Waals surface area contributed by atoms with Crippen LogP contribution < -0.4 is 10.1 Å². The molecule has 2 aromatic carbocycles. The fraction of sp³-hybridized carbons (Fsp3) is 0.458. The normalized spacial score (nSPS) is 22.3. The van der Waals surface area contributed by atoms with Gasteiger partial charge in [0.05, 0.1) is 0 Å². The summed E-state index contributed by atoms with van der Waals surface area (Å²) in [5, 5.41) is 12.5. The molecule has 0 bridgehead atoms. The number of carboxylic acids is 1. The van der Waals surface area contributed by atoms with E-state index in [0.717, 1.165) is 32.1 Å². The van der Waals surface area contributed by atoms with Gasteiger partial charge in [-0.2, -0.15) is 0 Å². The number of aliphatic carboxylic acids is 1. The van der Waals surface area contributed by atoms with Crippen molar-refractivity contribution in [1.82, 2.24) is 10.2 Å². The second kappa shape index (κ2) is 9.42.